The normalized spacial score (nSPS) is 22.5. The van der Waals surface area contributed by atoms with Crippen LogP contribution in [0.4, 0.5) is 5.69 Å². The predicted molar refractivity (Wildman–Crippen MR) is 101 cm³/mol. The highest BCUT2D eigenvalue weighted by Gasteiger charge is 2.41. The fraction of sp³-hybridized carbons (Fsp3) is 0.600. The number of nitrogens with zero attached hydrogens (tertiary/aromatic N) is 3. The lowest BCUT2D eigenvalue weighted by Crippen LogP contribution is -2.49. The van der Waals surface area contributed by atoms with Crippen molar-refractivity contribution >= 4 is 17.5 Å². The van der Waals surface area contributed by atoms with Crippen LogP contribution in [0.5, 0.6) is 0 Å². The summed E-state index contributed by atoms with van der Waals surface area (Å²) in [6.45, 7) is 2.35. The number of carbonyl (C=O) groups is 2. The van der Waals surface area contributed by atoms with E-state index >= 15 is 0 Å². The Balaban J connectivity index is 1.66. The van der Waals surface area contributed by atoms with Crippen LogP contribution in [0.15, 0.2) is 24.3 Å². The summed E-state index contributed by atoms with van der Waals surface area (Å²) >= 11 is 0. The fourth-order valence-electron chi connectivity index (χ4n) is 3.93. The molecule has 2 bridgehead atoms. The summed E-state index contributed by atoms with van der Waals surface area (Å²) in [6, 6.07) is 8.21. The molecule has 3 saturated heterocycles. The highest BCUT2D eigenvalue weighted by molar-refractivity contribution is 5.84. The van der Waals surface area contributed by atoms with Crippen LogP contribution in [-0.4, -0.2) is 75.1 Å². The Morgan fingerprint density at radius 2 is 1.92 bits per heavy atom. The topological polar surface area (TPSA) is 53.1 Å². The van der Waals surface area contributed by atoms with Gasteiger partial charge >= 0.3 is 0 Å². The van der Waals surface area contributed by atoms with Crippen molar-refractivity contribution in [3.05, 3.63) is 29.8 Å². The molecule has 1 aromatic carbocycles. The zero-order chi connectivity index (χ0) is 18.7. The summed E-state index contributed by atoms with van der Waals surface area (Å²) in [5, 5.41) is 0. The lowest BCUT2D eigenvalue weighted by Gasteiger charge is -2.35. The Labute approximate surface area is 155 Å². The second-order valence-corrected chi connectivity index (χ2v) is 7.49. The third kappa shape index (κ3) is 4.01. The molecule has 2 atom stereocenters. The van der Waals surface area contributed by atoms with Gasteiger partial charge in [-0.15, -0.1) is 0 Å². The first-order valence-corrected chi connectivity index (χ1v) is 9.33. The van der Waals surface area contributed by atoms with Gasteiger partial charge in [0.1, 0.15) is 0 Å². The second-order valence-electron chi connectivity index (χ2n) is 7.49. The van der Waals surface area contributed by atoms with Crippen molar-refractivity contribution in [2.75, 3.05) is 52.3 Å². The van der Waals surface area contributed by atoms with Gasteiger partial charge in [0.15, 0.2) is 0 Å². The minimum atomic E-state index is -0.0642. The maximum atomic E-state index is 12.8. The van der Waals surface area contributed by atoms with E-state index in [1.165, 1.54) is 0 Å². The quantitative estimate of drug-likeness (QED) is 0.770. The molecule has 0 radical (unpaired) electrons. The Bertz CT molecular complexity index is 644. The number of fused-ring (bicyclic) bond motifs is 4. The van der Waals surface area contributed by atoms with Gasteiger partial charge in [-0.05, 0) is 30.5 Å². The number of amides is 2. The van der Waals surface area contributed by atoms with Crippen molar-refractivity contribution in [1.82, 2.24) is 9.80 Å². The number of anilines is 1. The first-order valence-electron chi connectivity index (χ1n) is 9.33. The third-order valence-electron chi connectivity index (χ3n) is 5.49. The fourth-order valence-corrected chi connectivity index (χ4v) is 3.93. The zero-order valence-electron chi connectivity index (χ0n) is 16.0. The van der Waals surface area contributed by atoms with Crippen LogP contribution in [0.1, 0.15) is 18.4 Å². The van der Waals surface area contributed by atoms with Gasteiger partial charge in [0, 0.05) is 52.6 Å². The number of benzene rings is 1. The lowest BCUT2D eigenvalue weighted by molar-refractivity contribution is -0.140. The van der Waals surface area contributed by atoms with Crippen LogP contribution in [0, 0.1) is 5.92 Å². The average Bonchev–Trinajstić information content (AvgIpc) is 2.92. The Morgan fingerprint density at radius 1 is 1.19 bits per heavy atom. The predicted octanol–water partition coefficient (Wildman–Crippen LogP) is 1.39. The standard InChI is InChI=1S/C20H29N3O3/c1-21(2)17-7-4-15(5-8-17)12-19(24)22-13-16-6-9-18(14-22)23(20(16)25)10-11-26-3/h4-5,7-8,16,18H,6,9-14H2,1-3H3/t16-,18+/m0/s1. The summed E-state index contributed by atoms with van der Waals surface area (Å²) < 4.78 is 5.14. The summed E-state index contributed by atoms with van der Waals surface area (Å²) in [5.74, 6) is 0.232. The van der Waals surface area contributed by atoms with Crippen molar-refractivity contribution in [2.45, 2.75) is 25.3 Å². The minimum absolute atomic E-state index is 0.0642. The van der Waals surface area contributed by atoms with Crippen molar-refractivity contribution in [3.8, 4) is 0 Å². The third-order valence-corrected chi connectivity index (χ3v) is 5.49. The molecular weight excluding hydrogens is 330 g/mol. The summed E-state index contributed by atoms with van der Waals surface area (Å²) in [7, 11) is 5.65. The first-order chi connectivity index (χ1) is 12.5. The van der Waals surface area contributed by atoms with Crippen molar-refractivity contribution in [2.24, 2.45) is 5.92 Å². The van der Waals surface area contributed by atoms with E-state index in [0.29, 0.717) is 32.7 Å². The molecule has 0 aromatic heterocycles. The van der Waals surface area contributed by atoms with Crippen LogP contribution in [0.2, 0.25) is 0 Å². The van der Waals surface area contributed by atoms with Crippen LogP contribution < -0.4 is 4.90 Å². The highest BCUT2D eigenvalue weighted by Crippen LogP contribution is 2.29. The summed E-state index contributed by atoms with van der Waals surface area (Å²) in [5.41, 5.74) is 2.13. The molecule has 0 N–H and O–H groups in total. The van der Waals surface area contributed by atoms with Gasteiger partial charge < -0.3 is 19.4 Å². The van der Waals surface area contributed by atoms with E-state index in [2.05, 4.69) is 0 Å². The van der Waals surface area contributed by atoms with E-state index in [1.807, 2.05) is 53.1 Å². The van der Waals surface area contributed by atoms with Gasteiger partial charge in [-0.25, -0.2) is 0 Å². The molecule has 4 rings (SSSR count). The molecule has 1 aromatic rings. The number of hydrogen-bond donors (Lipinski definition) is 0. The molecule has 0 aliphatic carbocycles. The molecule has 3 aliphatic heterocycles. The highest BCUT2D eigenvalue weighted by atomic mass is 16.5. The molecule has 26 heavy (non-hydrogen) atoms. The molecule has 3 aliphatic rings. The first kappa shape index (κ1) is 18.7. The van der Waals surface area contributed by atoms with E-state index in [0.717, 1.165) is 24.1 Å². The van der Waals surface area contributed by atoms with Crippen LogP contribution in [0.3, 0.4) is 0 Å². The Kier molecular flexibility index (Phi) is 5.81. The number of rotatable bonds is 6. The number of ether oxygens (including phenoxy) is 1. The van der Waals surface area contributed by atoms with E-state index in [4.69, 9.17) is 4.74 Å². The molecule has 6 nitrogen and oxygen atoms in total. The summed E-state index contributed by atoms with van der Waals surface area (Å²) in [6.07, 6.45) is 2.25. The van der Waals surface area contributed by atoms with Crippen LogP contribution in [0.25, 0.3) is 0 Å². The SMILES string of the molecule is COCCN1C(=O)[C@H]2CC[C@@H]1CN(C(=O)Cc1ccc(N(C)C)cc1)C2. The van der Waals surface area contributed by atoms with E-state index in [9.17, 15) is 9.59 Å². The van der Waals surface area contributed by atoms with Gasteiger partial charge in [0.2, 0.25) is 11.8 Å². The molecule has 142 valence electrons. The zero-order valence-corrected chi connectivity index (χ0v) is 16.0. The van der Waals surface area contributed by atoms with Gasteiger partial charge in [0.05, 0.1) is 18.9 Å². The smallest absolute Gasteiger partial charge is 0.227 e. The molecule has 0 unspecified atom stereocenters. The average molecular weight is 359 g/mol. The van der Waals surface area contributed by atoms with Gasteiger partial charge in [0.25, 0.3) is 0 Å². The maximum absolute atomic E-state index is 12.8. The number of hydrogen-bond acceptors (Lipinski definition) is 4. The van der Waals surface area contributed by atoms with Crippen LogP contribution in [-0.2, 0) is 20.7 Å². The largest absolute Gasteiger partial charge is 0.383 e. The van der Waals surface area contributed by atoms with Crippen molar-refractivity contribution in [3.63, 3.8) is 0 Å². The van der Waals surface area contributed by atoms with E-state index in [-0.39, 0.29) is 23.8 Å². The molecule has 6 heteroatoms. The number of piperidine rings is 1. The molecule has 0 spiro atoms. The summed E-state index contributed by atoms with van der Waals surface area (Å²) in [4.78, 5) is 31.4. The van der Waals surface area contributed by atoms with E-state index in [1.54, 1.807) is 7.11 Å². The Hall–Kier alpha value is -2.08. The monoisotopic (exact) mass is 359 g/mol. The molecular formula is C20H29N3O3. The molecule has 0 saturated carbocycles. The molecule has 3 fully saturated rings. The van der Waals surface area contributed by atoms with Gasteiger partial charge in [-0.3, -0.25) is 9.59 Å². The number of methoxy groups -OCH3 is 1. The molecule has 3 heterocycles. The minimum Gasteiger partial charge on any atom is -0.383 e. The maximum Gasteiger partial charge on any atom is 0.227 e. The van der Waals surface area contributed by atoms with E-state index < -0.39 is 0 Å². The lowest BCUT2D eigenvalue weighted by atomic mass is 9.94. The number of carbonyl (C=O) groups excluding carboxylic acids is 2. The Morgan fingerprint density at radius 3 is 2.58 bits per heavy atom. The van der Waals surface area contributed by atoms with Crippen molar-refractivity contribution < 1.29 is 14.3 Å². The van der Waals surface area contributed by atoms with Crippen LogP contribution >= 0.6 is 0 Å². The van der Waals surface area contributed by atoms with Gasteiger partial charge in [-0.1, -0.05) is 12.1 Å². The van der Waals surface area contributed by atoms with Crippen molar-refractivity contribution in [1.29, 1.82) is 0 Å². The van der Waals surface area contributed by atoms with Gasteiger partial charge in [-0.2, -0.15) is 0 Å². The second kappa shape index (κ2) is 8.08. The molecule has 2 amide bonds.